The molecule has 39 heavy (non-hydrogen) atoms. The Morgan fingerprint density at radius 1 is 1.28 bits per heavy atom. The van der Waals surface area contributed by atoms with Gasteiger partial charge in [0.25, 0.3) is 0 Å². The molecule has 0 aromatic heterocycles. The van der Waals surface area contributed by atoms with Crippen LogP contribution in [0.15, 0.2) is 65.5 Å². The fourth-order valence-corrected chi connectivity index (χ4v) is 2.19. The van der Waals surface area contributed by atoms with Crippen LogP contribution in [0.1, 0.15) is 46.1 Å². The highest BCUT2D eigenvalue weighted by Crippen LogP contribution is 2.12. The number of benzene rings is 1. The molecule has 0 unspecified atom stereocenters. The van der Waals surface area contributed by atoms with Crippen molar-refractivity contribution < 1.29 is 19.4 Å². The number of hydrogen-bond donors (Lipinski definition) is 7. The molecule has 9 N–H and O–H groups in total. The van der Waals surface area contributed by atoms with Gasteiger partial charge in [-0.2, -0.15) is 0 Å². The Labute approximate surface area is 234 Å². The SMILES string of the molecule is C/C=C\C=C(/C)CO.C=NC(=C)Nc1cccc(CC)c1.CCOCCNCCC=O.N=C(N)CC(=O)NN. The first-order valence-electron chi connectivity index (χ1n) is 12.6. The molecule has 1 aromatic carbocycles. The van der Waals surface area contributed by atoms with Gasteiger partial charge in [0.2, 0.25) is 5.91 Å². The van der Waals surface area contributed by atoms with Crippen molar-refractivity contribution in [3.8, 4) is 0 Å². The number of nitrogens with two attached hydrogens (primary N) is 2. The van der Waals surface area contributed by atoms with Crippen LogP contribution in [-0.4, -0.2) is 62.8 Å². The number of amides is 1. The van der Waals surface area contributed by atoms with Gasteiger partial charge in [-0.15, -0.1) is 0 Å². The van der Waals surface area contributed by atoms with Gasteiger partial charge in [0.1, 0.15) is 17.9 Å². The van der Waals surface area contributed by atoms with E-state index in [-0.39, 0.29) is 18.9 Å². The minimum atomic E-state index is -0.447. The van der Waals surface area contributed by atoms with Crippen molar-refractivity contribution in [2.24, 2.45) is 16.6 Å². The molecule has 11 heteroatoms. The van der Waals surface area contributed by atoms with Crippen molar-refractivity contribution >= 4 is 30.4 Å². The van der Waals surface area contributed by atoms with Crippen LogP contribution in [0.5, 0.6) is 0 Å². The number of aldehydes is 1. The van der Waals surface area contributed by atoms with Crippen molar-refractivity contribution in [2.45, 2.75) is 47.0 Å². The standard InChI is InChI=1S/C11H14N2.C7H15NO2.C7H12O.C3H8N4O/c1-4-10-6-5-7-11(8-10)13-9(2)12-3;1-2-10-7-5-8-4-3-6-9;1-3-4-5-7(2)6-8;4-2(5)1-3(8)7-6/h5-8,13H,2-4H2,1H3;6,8H,2-5,7H2,1H3;3-5,8H,6H2,1-2H3;1,6H2,(H3,4,5)(H,7,8)/b;;4-3-,7-5+;. The average molecular weight is 548 g/mol. The molecule has 0 saturated carbocycles. The number of aliphatic hydroxyl groups excluding tert-OH is 1. The third-order valence-corrected chi connectivity index (χ3v) is 4.22. The van der Waals surface area contributed by atoms with Gasteiger partial charge in [-0.05, 0) is 57.2 Å². The summed E-state index contributed by atoms with van der Waals surface area (Å²) in [6.45, 7) is 18.2. The molecule has 0 aliphatic carbocycles. The van der Waals surface area contributed by atoms with E-state index >= 15 is 0 Å². The zero-order valence-corrected chi connectivity index (χ0v) is 24.0. The number of nitrogens with one attached hydrogen (secondary N) is 4. The van der Waals surface area contributed by atoms with E-state index in [9.17, 15) is 9.59 Å². The quantitative estimate of drug-likeness (QED) is 0.0255. The second kappa shape index (κ2) is 30.6. The number of rotatable bonds is 15. The Morgan fingerprint density at radius 2 is 1.97 bits per heavy atom. The molecule has 220 valence electrons. The Hall–Kier alpha value is -3.64. The van der Waals surface area contributed by atoms with Gasteiger partial charge in [-0.1, -0.05) is 43.9 Å². The lowest BCUT2D eigenvalue weighted by Gasteiger charge is -2.05. The predicted octanol–water partition coefficient (Wildman–Crippen LogP) is 2.84. The van der Waals surface area contributed by atoms with Crippen LogP contribution in [0.25, 0.3) is 0 Å². The molecule has 0 bridgehead atoms. The molecule has 0 spiro atoms. The molecule has 0 atom stereocenters. The van der Waals surface area contributed by atoms with Gasteiger partial charge in [0, 0.05) is 31.8 Å². The minimum Gasteiger partial charge on any atom is -0.392 e. The van der Waals surface area contributed by atoms with E-state index < -0.39 is 5.91 Å². The van der Waals surface area contributed by atoms with Gasteiger partial charge in [-0.25, -0.2) is 10.8 Å². The van der Waals surface area contributed by atoms with Crippen LogP contribution >= 0.6 is 0 Å². The number of carbonyl (C=O) groups is 2. The van der Waals surface area contributed by atoms with E-state index in [1.165, 1.54) is 5.56 Å². The summed E-state index contributed by atoms with van der Waals surface area (Å²) < 4.78 is 5.06. The van der Waals surface area contributed by atoms with E-state index in [4.69, 9.17) is 21.0 Å². The topological polar surface area (TPSA) is 188 Å². The third kappa shape index (κ3) is 32.3. The maximum absolute atomic E-state index is 10.2. The van der Waals surface area contributed by atoms with Gasteiger partial charge in [0.05, 0.1) is 19.6 Å². The average Bonchev–Trinajstić information content (AvgIpc) is 2.94. The van der Waals surface area contributed by atoms with Gasteiger partial charge in [-0.3, -0.25) is 15.6 Å². The molecule has 0 saturated heterocycles. The molecular weight excluding hydrogens is 498 g/mol. The molecule has 0 heterocycles. The summed E-state index contributed by atoms with van der Waals surface area (Å²) in [6.07, 6.45) is 8.13. The summed E-state index contributed by atoms with van der Waals surface area (Å²) in [4.78, 5) is 23.7. The predicted molar refractivity (Wildman–Crippen MR) is 163 cm³/mol. The van der Waals surface area contributed by atoms with Crippen LogP contribution < -0.4 is 27.6 Å². The van der Waals surface area contributed by atoms with Gasteiger partial charge in [0.15, 0.2) is 0 Å². The molecule has 0 aliphatic heterocycles. The van der Waals surface area contributed by atoms with Crippen molar-refractivity contribution in [3.05, 3.63) is 66.0 Å². The van der Waals surface area contributed by atoms with Crippen molar-refractivity contribution in [1.82, 2.24) is 10.7 Å². The summed E-state index contributed by atoms with van der Waals surface area (Å²) in [7, 11) is 0. The summed E-state index contributed by atoms with van der Waals surface area (Å²) >= 11 is 0. The molecule has 0 fully saturated rings. The number of anilines is 1. The number of amidine groups is 1. The van der Waals surface area contributed by atoms with Gasteiger partial charge >= 0.3 is 0 Å². The second-order valence-corrected chi connectivity index (χ2v) is 7.65. The molecule has 1 amide bonds. The number of hydrazine groups is 1. The number of allylic oxidation sites excluding steroid dienone is 3. The summed E-state index contributed by atoms with van der Waals surface area (Å²) in [5, 5.41) is 21.2. The van der Waals surface area contributed by atoms with Crippen LogP contribution in [-0.2, 0) is 20.7 Å². The Balaban J connectivity index is -0.000000454. The van der Waals surface area contributed by atoms with E-state index in [1.807, 2.05) is 56.6 Å². The highest BCUT2D eigenvalue weighted by molar-refractivity contribution is 5.97. The molecule has 0 radical (unpaired) electrons. The number of aliphatic hydroxyl groups is 1. The van der Waals surface area contributed by atoms with Crippen LogP contribution in [0.2, 0.25) is 0 Å². The van der Waals surface area contributed by atoms with Crippen molar-refractivity contribution in [3.63, 3.8) is 0 Å². The fraction of sp³-hybridized carbons (Fsp3) is 0.429. The highest BCUT2D eigenvalue weighted by atomic mass is 16.5. The van der Waals surface area contributed by atoms with Crippen LogP contribution in [0.4, 0.5) is 5.69 Å². The number of aliphatic imine (C=N–C) groups is 1. The van der Waals surface area contributed by atoms with Crippen molar-refractivity contribution in [2.75, 3.05) is 38.2 Å². The second-order valence-electron chi connectivity index (χ2n) is 7.65. The van der Waals surface area contributed by atoms with Crippen LogP contribution in [0.3, 0.4) is 0 Å². The molecule has 1 aromatic rings. The largest absolute Gasteiger partial charge is 0.392 e. The Kier molecular flexibility index (Phi) is 31.3. The van der Waals surface area contributed by atoms with Gasteiger partial charge < -0.3 is 31.0 Å². The van der Waals surface area contributed by atoms with Crippen LogP contribution in [0, 0.1) is 5.41 Å². The number of aryl methyl sites for hydroxylation is 1. The number of hydrogen-bond acceptors (Lipinski definition) is 9. The zero-order chi connectivity index (χ0) is 30.3. The van der Waals surface area contributed by atoms with E-state index in [0.717, 1.165) is 50.3 Å². The summed E-state index contributed by atoms with van der Waals surface area (Å²) in [6, 6.07) is 8.17. The first-order valence-corrected chi connectivity index (χ1v) is 12.6. The highest BCUT2D eigenvalue weighted by Gasteiger charge is 1.97. The maximum atomic E-state index is 10.2. The molecule has 0 aliphatic rings. The summed E-state index contributed by atoms with van der Waals surface area (Å²) in [5.74, 6) is 4.61. The maximum Gasteiger partial charge on any atom is 0.241 e. The summed E-state index contributed by atoms with van der Waals surface area (Å²) in [5.41, 5.74) is 9.97. The molecular formula is C28H49N7O4. The lowest BCUT2D eigenvalue weighted by molar-refractivity contribution is -0.120. The number of nitrogens with zero attached hydrogens (tertiary/aromatic N) is 1. The Morgan fingerprint density at radius 3 is 2.44 bits per heavy atom. The third-order valence-electron chi connectivity index (χ3n) is 4.22. The minimum absolute atomic E-state index is 0.128. The number of carbonyl (C=O) groups excluding carboxylic acids is 2. The fourth-order valence-electron chi connectivity index (χ4n) is 2.19. The monoisotopic (exact) mass is 547 g/mol. The van der Waals surface area contributed by atoms with E-state index in [0.29, 0.717) is 12.2 Å². The first-order chi connectivity index (χ1) is 18.6. The molecule has 11 nitrogen and oxygen atoms in total. The zero-order valence-electron chi connectivity index (χ0n) is 24.0. The smallest absolute Gasteiger partial charge is 0.241 e. The lowest BCUT2D eigenvalue weighted by Crippen LogP contribution is -2.33. The normalized spacial score (nSPS) is 9.95. The van der Waals surface area contributed by atoms with E-state index in [2.05, 4.69) is 53.8 Å². The number of ether oxygens (including phenoxy) is 1. The Bertz CT molecular complexity index is 871. The van der Waals surface area contributed by atoms with E-state index in [1.54, 1.807) is 0 Å². The lowest BCUT2D eigenvalue weighted by atomic mass is 10.1. The van der Waals surface area contributed by atoms with Crippen molar-refractivity contribution in [1.29, 1.82) is 5.41 Å². The first kappa shape index (κ1) is 39.9. The molecule has 1 rings (SSSR count).